The average molecular weight is 249 g/mol. The molecule has 18 heavy (non-hydrogen) atoms. The molecule has 102 valence electrons. The Morgan fingerprint density at radius 2 is 1.89 bits per heavy atom. The third kappa shape index (κ3) is 3.49. The molecule has 2 nitrogen and oxygen atoms in total. The zero-order chi connectivity index (χ0) is 13.7. The minimum atomic E-state index is 0.126. The summed E-state index contributed by atoms with van der Waals surface area (Å²) in [6.45, 7) is 8.66. The Bertz CT molecular complexity index is 387. The molecule has 1 aromatic carbocycles. The molecule has 0 aromatic heterocycles. The van der Waals surface area contributed by atoms with Crippen LogP contribution in [0.4, 0.5) is 0 Å². The molecule has 1 rings (SSSR count). The highest BCUT2D eigenvalue weighted by Gasteiger charge is 2.17. The van der Waals surface area contributed by atoms with E-state index in [0.29, 0.717) is 5.92 Å². The minimum Gasteiger partial charge on any atom is -0.496 e. The number of unbranched alkanes of at least 4 members (excludes halogenated alkanes) is 1. The molecule has 2 atom stereocenters. The van der Waals surface area contributed by atoms with Gasteiger partial charge in [-0.15, -0.1) is 0 Å². The zero-order valence-corrected chi connectivity index (χ0v) is 12.4. The summed E-state index contributed by atoms with van der Waals surface area (Å²) in [6, 6.07) is 4.40. The van der Waals surface area contributed by atoms with Crippen molar-refractivity contribution in [3.05, 3.63) is 28.8 Å². The summed E-state index contributed by atoms with van der Waals surface area (Å²) in [5.74, 6) is 1.47. The normalized spacial score (nSPS) is 14.3. The third-order valence-electron chi connectivity index (χ3n) is 3.77. The van der Waals surface area contributed by atoms with Crippen molar-refractivity contribution in [2.24, 2.45) is 11.7 Å². The van der Waals surface area contributed by atoms with E-state index in [1.165, 1.54) is 30.4 Å². The van der Waals surface area contributed by atoms with E-state index in [0.717, 1.165) is 11.3 Å². The largest absolute Gasteiger partial charge is 0.496 e. The van der Waals surface area contributed by atoms with Crippen LogP contribution in [0.5, 0.6) is 5.75 Å². The van der Waals surface area contributed by atoms with E-state index < -0.39 is 0 Å². The van der Waals surface area contributed by atoms with Crippen LogP contribution in [0.25, 0.3) is 0 Å². The Morgan fingerprint density at radius 1 is 1.22 bits per heavy atom. The van der Waals surface area contributed by atoms with E-state index in [-0.39, 0.29) is 6.04 Å². The number of rotatable bonds is 6. The van der Waals surface area contributed by atoms with Crippen LogP contribution in [-0.2, 0) is 0 Å². The highest BCUT2D eigenvalue weighted by atomic mass is 16.5. The summed E-state index contributed by atoms with van der Waals surface area (Å²) < 4.78 is 5.35. The van der Waals surface area contributed by atoms with Crippen molar-refractivity contribution in [3.8, 4) is 5.75 Å². The SMILES string of the molecule is CCCCC(C)C(N)c1cc(C)c(OC)cc1C. The van der Waals surface area contributed by atoms with E-state index >= 15 is 0 Å². The van der Waals surface area contributed by atoms with Crippen molar-refractivity contribution in [1.29, 1.82) is 0 Å². The summed E-state index contributed by atoms with van der Waals surface area (Å²) >= 11 is 0. The van der Waals surface area contributed by atoms with E-state index in [1.54, 1.807) is 7.11 Å². The van der Waals surface area contributed by atoms with Crippen LogP contribution in [0.15, 0.2) is 12.1 Å². The fraction of sp³-hybridized carbons (Fsp3) is 0.625. The van der Waals surface area contributed by atoms with Gasteiger partial charge in [-0.25, -0.2) is 0 Å². The summed E-state index contributed by atoms with van der Waals surface area (Å²) in [4.78, 5) is 0. The van der Waals surface area contributed by atoms with Crippen molar-refractivity contribution < 1.29 is 4.74 Å². The number of methoxy groups -OCH3 is 1. The van der Waals surface area contributed by atoms with Crippen LogP contribution in [0, 0.1) is 19.8 Å². The third-order valence-corrected chi connectivity index (χ3v) is 3.77. The first kappa shape index (κ1) is 15.0. The van der Waals surface area contributed by atoms with Crippen molar-refractivity contribution in [2.45, 2.75) is 53.0 Å². The Hall–Kier alpha value is -1.02. The van der Waals surface area contributed by atoms with Crippen molar-refractivity contribution in [2.75, 3.05) is 7.11 Å². The van der Waals surface area contributed by atoms with E-state index in [9.17, 15) is 0 Å². The Morgan fingerprint density at radius 3 is 2.44 bits per heavy atom. The van der Waals surface area contributed by atoms with Gasteiger partial charge in [0, 0.05) is 6.04 Å². The van der Waals surface area contributed by atoms with Crippen LogP contribution >= 0.6 is 0 Å². The number of aryl methyl sites for hydroxylation is 2. The number of hydrogen-bond acceptors (Lipinski definition) is 2. The second kappa shape index (κ2) is 6.79. The summed E-state index contributed by atoms with van der Waals surface area (Å²) in [5, 5.41) is 0. The van der Waals surface area contributed by atoms with Crippen LogP contribution in [-0.4, -0.2) is 7.11 Å². The maximum atomic E-state index is 6.40. The summed E-state index contributed by atoms with van der Waals surface area (Å²) in [6.07, 6.45) is 3.68. The van der Waals surface area contributed by atoms with Gasteiger partial charge in [0.25, 0.3) is 0 Å². The molecule has 2 unspecified atom stereocenters. The second-order valence-electron chi connectivity index (χ2n) is 5.32. The van der Waals surface area contributed by atoms with Gasteiger partial charge in [-0.05, 0) is 48.9 Å². The molecular formula is C16H27NO. The first-order valence-electron chi connectivity index (χ1n) is 6.92. The van der Waals surface area contributed by atoms with Gasteiger partial charge in [0.05, 0.1) is 7.11 Å². The molecule has 0 radical (unpaired) electrons. The van der Waals surface area contributed by atoms with Gasteiger partial charge in [0.15, 0.2) is 0 Å². The van der Waals surface area contributed by atoms with Crippen molar-refractivity contribution in [1.82, 2.24) is 0 Å². The van der Waals surface area contributed by atoms with Gasteiger partial charge < -0.3 is 10.5 Å². The second-order valence-corrected chi connectivity index (χ2v) is 5.32. The molecule has 2 N–H and O–H groups in total. The molecule has 0 amide bonds. The lowest BCUT2D eigenvalue weighted by Crippen LogP contribution is -2.20. The maximum absolute atomic E-state index is 6.40. The molecule has 0 bridgehead atoms. The lowest BCUT2D eigenvalue weighted by Gasteiger charge is -2.23. The molecule has 1 aromatic rings. The molecule has 0 aliphatic heterocycles. The van der Waals surface area contributed by atoms with Gasteiger partial charge in [0.1, 0.15) is 5.75 Å². The molecule has 0 aliphatic carbocycles. The first-order valence-corrected chi connectivity index (χ1v) is 6.92. The first-order chi connectivity index (χ1) is 8.51. The number of ether oxygens (including phenoxy) is 1. The fourth-order valence-electron chi connectivity index (χ4n) is 2.40. The van der Waals surface area contributed by atoms with Crippen molar-refractivity contribution in [3.63, 3.8) is 0 Å². The van der Waals surface area contributed by atoms with Crippen LogP contribution in [0.3, 0.4) is 0 Å². The molecule has 2 heteroatoms. The summed E-state index contributed by atoms with van der Waals surface area (Å²) in [5.41, 5.74) is 10.1. The van der Waals surface area contributed by atoms with Gasteiger partial charge in [-0.3, -0.25) is 0 Å². The van der Waals surface area contributed by atoms with Gasteiger partial charge in [0.2, 0.25) is 0 Å². The lowest BCUT2D eigenvalue weighted by atomic mass is 9.88. The standard InChI is InChI=1S/C16H27NO/c1-6-7-8-11(2)16(17)14-9-13(4)15(18-5)10-12(14)3/h9-11,16H,6-8,17H2,1-5H3. The topological polar surface area (TPSA) is 35.2 Å². The van der Waals surface area contributed by atoms with Crippen LogP contribution in [0.2, 0.25) is 0 Å². The smallest absolute Gasteiger partial charge is 0.122 e. The Balaban J connectivity index is 2.91. The minimum absolute atomic E-state index is 0.126. The monoisotopic (exact) mass is 249 g/mol. The molecule has 0 aliphatic rings. The lowest BCUT2D eigenvalue weighted by molar-refractivity contribution is 0.407. The highest BCUT2D eigenvalue weighted by molar-refractivity contribution is 5.42. The van der Waals surface area contributed by atoms with Gasteiger partial charge >= 0.3 is 0 Å². The zero-order valence-electron chi connectivity index (χ0n) is 12.4. The molecule has 0 saturated carbocycles. The van der Waals surface area contributed by atoms with E-state index in [4.69, 9.17) is 10.5 Å². The molecular weight excluding hydrogens is 222 g/mol. The summed E-state index contributed by atoms with van der Waals surface area (Å²) in [7, 11) is 1.71. The Labute approximate surface area is 112 Å². The predicted octanol–water partition coefficient (Wildman–Crippen LogP) is 4.14. The molecule has 0 saturated heterocycles. The number of benzene rings is 1. The Kier molecular flexibility index (Phi) is 5.67. The van der Waals surface area contributed by atoms with Crippen LogP contribution in [0.1, 0.15) is 55.8 Å². The molecule has 0 spiro atoms. The number of nitrogens with two attached hydrogens (primary N) is 1. The van der Waals surface area contributed by atoms with Gasteiger partial charge in [-0.1, -0.05) is 32.8 Å². The molecule has 0 fully saturated rings. The maximum Gasteiger partial charge on any atom is 0.122 e. The van der Waals surface area contributed by atoms with Gasteiger partial charge in [-0.2, -0.15) is 0 Å². The average Bonchev–Trinajstić information content (AvgIpc) is 2.37. The number of hydrogen-bond donors (Lipinski definition) is 1. The predicted molar refractivity (Wildman–Crippen MR) is 78.1 cm³/mol. The highest BCUT2D eigenvalue weighted by Crippen LogP contribution is 2.30. The van der Waals surface area contributed by atoms with Crippen LogP contribution < -0.4 is 10.5 Å². The molecule has 0 heterocycles. The van der Waals surface area contributed by atoms with E-state index in [1.807, 2.05) is 0 Å². The fourth-order valence-corrected chi connectivity index (χ4v) is 2.40. The van der Waals surface area contributed by atoms with Crippen molar-refractivity contribution >= 4 is 0 Å². The quantitative estimate of drug-likeness (QED) is 0.822. The van der Waals surface area contributed by atoms with E-state index in [2.05, 4.69) is 39.8 Å².